The lowest BCUT2D eigenvalue weighted by Crippen LogP contribution is -2.64. The van der Waals surface area contributed by atoms with E-state index in [1.54, 1.807) is 0 Å². The average molecular weight is 757 g/mol. The van der Waals surface area contributed by atoms with Gasteiger partial charge in [0.15, 0.2) is 18.3 Å². The van der Waals surface area contributed by atoms with E-state index in [-0.39, 0.29) is 22.7 Å². The van der Waals surface area contributed by atoms with Gasteiger partial charge < -0.3 is 94.1 Å². The third kappa shape index (κ3) is 7.52. The Bertz CT molecular complexity index is 1780. The zero-order valence-corrected chi connectivity index (χ0v) is 27.7. The van der Waals surface area contributed by atoms with Crippen molar-refractivity contribution >= 4 is 11.0 Å². The second-order valence-electron chi connectivity index (χ2n) is 12.9. The zero-order valence-electron chi connectivity index (χ0n) is 27.7. The van der Waals surface area contributed by atoms with Crippen LogP contribution in [0.1, 0.15) is 6.92 Å². The highest BCUT2D eigenvalue weighted by atomic mass is 16.7. The Morgan fingerprint density at radius 2 is 1.30 bits per heavy atom. The third-order valence-corrected chi connectivity index (χ3v) is 9.30. The van der Waals surface area contributed by atoms with E-state index in [9.17, 15) is 66.1 Å². The summed E-state index contributed by atoms with van der Waals surface area (Å²) in [5.74, 6) is -2.19. The van der Waals surface area contributed by atoms with Crippen molar-refractivity contribution in [3.63, 3.8) is 0 Å². The van der Waals surface area contributed by atoms with Crippen molar-refractivity contribution in [2.24, 2.45) is 0 Å². The van der Waals surface area contributed by atoms with Crippen LogP contribution in [0, 0.1) is 0 Å². The molecule has 15 atom stereocenters. The molecule has 0 saturated carbocycles. The van der Waals surface area contributed by atoms with Crippen molar-refractivity contribution in [3.8, 4) is 34.3 Å². The van der Waals surface area contributed by atoms with Crippen LogP contribution >= 0.6 is 0 Å². The van der Waals surface area contributed by atoms with Crippen LogP contribution in [0.25, 0.3) is 22.3 Å². The van der Waals surface area contributed by atoms with E-state index < -0.39 is 133 Å². The van der Waals surface area contributed by atoms with E-state index in [1.165, 1.54) is 31.2 Å². The highest BCUT2D eigenvalue weighted by Crippen LogP contribution is 2.38. The first kappa shape index (κ1) is 39.0. The summed E-state index contributed by atoms with van der Waals surface area (Å²) in [5.41, 5.74) is -1.09. The minimum atomic E-state index is -2.00. The molecular formula is C33H40O20. The second-order valence-corrected chi connectivity index (χ2v) is 12.9. The minimum Gasteiger partial charge on any atom is -0.508 e. The van der Waals surface area contributed by atoms with Crippen LogP contribution in [0.3, 0.4) is 0 Å². The van der Waals surface area contributed by atoms with Crippen LogP contribution in [0.5, 0.6) is 23.0 Å². The van der Waals surface area contributed by atoms with Crippen molar-refractivity contribution in [3.05, 3.63) is 46.6 Å². The third-order valence-electron chi connectivity index (χ3n) is 9.30. The van der Waals surface area contributed by atoms with Crippen LogP contribution in [0.15, 0.2) is 45.6 Å². The van der Waals surface area contributed by atoms with Crippen LogP contribution in [-0.4, -0.2) is 167 Å². The maximum Gasteiger partial charge on any atom is 0.239 e. The highest BCUT2D eigenvalue weighted by molar-refractivity contribution is 5.88. The van der Waals surface area contributed by atoms with Gasteiger partial charge in [-0.25, -0.2) is 0 Å². The topological polar surface area (TPSA) is 328 Å². The monoisotopic (exact) mass is 756 g/mol. The smallest absolute Gasteiger partial charge is 0.239 e. The number of hydrogen-bond acceptors (Lipinski definition) is 20. The summed E-state index contributed by atoms with van der Waals surface area (Å²) in [7, 11) is 0. The molecule has 3 aliphatic rings. The lowest BCUT2D eigenvalue weighted by molar-refractivity contribution is -0.361. The lowest BCUT2D eigenvalue weighted by Gasteiger charge is -2.46. The van der Waals surface area contributed by atoms with Gasteiger partial charge in [-0.1, -0.05) is 0 Å². The maximum atomic E-state index is 13.7. The SMILES string of the molecule is CC1O[C@@H](OCC2O[C@@H](Oc3c(-c4ccc(O)cc4)oc4cc(O)cc(O)c4c3=O)C(O)C(O)[C@@H]2O)C(O)[C@@H](O[C@@H]2OC(CO)[C@@H](O)[C@H](O)C2O)[C@H]1O. The number of ether oxygens (including phenoxy) is 6. The summed E-state index contributed by atoms with van der Waals surface area (Å²) in [6.45, 7) is -0.0799. The molecule has 12 N–H and O–H groups in total. The van der Waals surface area contributed by atoms with Crippen molar-refractivity contribution in [2.75, 3.05) is 13.2 Å². The van der Waals surface area contributed by atoms with Gasteiger partial charge in [0.2, 0.25) is 17.5 Å². The fourth-order valence-corrected chi connectivity index (χ4v) is 6.27. The van der Waals surface area contributed by atoms with Gasteiger partial charge in [-0.2, -0.15) is 0 Å². The average Bonchev–Trinajstić information content (AvgIpc) is 3.12. The molecule has 53 heavy (non-hydrogen) atoms. The van der Waals surface area contributed by atoms with Crippen molar-refractivity contribution < 1.29 is 94.1 Å². The molecule has 6 rings (SSSR count). The van der Waals surface area contributed by atoms with Gasteiger partial charge in [-0.3, -0.25) is 4.79 Å². The predicted octanol–water partition coefficient (Wildman–Crippen LogP) is -3.57. The number of rotatable bonds is 9. The molecule has 20 heteroatoms. The van der Waals surface area contributed by atoms with Gasteiger partial charge in [-0.05, 0) is 31.2 Å². The number of aliphatic hydroxyl groups is 9. The first-order chi connectivity index (χ1) is 25.1. The molecule has 4 heterocycles. The molecule has 3 fully saturated rings. The van der Waals surface area contributed by atoms with Gasteiger partial charge in [0.1, 0.15) is 95.4 Å². The number of hydrogen-bond donors (Lipinski definition) is 12. The molecule has 292 valence electrons. The number of aliphatic hydroxyl groups excluding tert-OH is 9. The molecule has 3 aliphatic heterocycles. The largest absolute Gasteiger partial charge is 0.508 e. The maximum absolute atomic E-state index is 13.7. The molecule has 3 saturated heterocycles. The fraction of sp³-hybridized carbons (Fsp3) is 0.545. The summed E-state index contributed by atoms with van der Waals surface area (Å²) >= 11 is 0. The summed E-state index contributed by atoms with van der Waals surface area (Å²) in [6.07, 6.45) is -25.6. The Kier molecular flexibility index (Phi) is 11.5. The molecule has 7 unspecified atom stereocenters. The molecule has 0 spiro atoms. The Labute approximate surface area is 298 Å². The van der Waals surface area contributed by atoms with Crippen LogP contribution < -0.4 is 10.2 Å². The van der Waals surface area contributed by atoms with Crippen molar-refractivity contribution in [2.45, 2.75) is 99.0 Å². The van der Waals surface area contributed by atoms with E-state index >= 15 is 0 Å². The molecular weight excluding hydrogens is 716 g/mol. The molecule has 0 amide bonds. The van der Waals surface area contributed by atoms with Gasteiger partial charge in [0.05, 0.1) is 19.3 Å². The highest BCUT2D eigenvalue weighted by Gasteiger charge is 2.51. The molecule has 0 radical (unpaired) electrons. The minimum absolute atomic E-state index is 0.136. The standard InChI is InChI=1S/C33H40O20/c1-10-19(38)29(52-32-25(44)23(42)20(39)16(8-34)50-32)27(46)31(48-10)47-9-17-21(40)24(43)26(45)33(51-17)53-30-22(41)18-14(37)6-13(36)7-15(18)49-28(30)11-2-4-12(35)5-3-11/h2-7,10,16-17,19-21,23-27,29,31-40,42-46H,8-9H2,1H3/t10?,16?,17?,19-,20+,21+,23-,24?,25?,26?,27?,29-,31+,32-,33-/m0/s1. The van der Waals surface area contributed by atoms with Gasteiger partial charge in [0.25, 0.3) is 0 Å². The van der Waals surface area contributed by atoms with E-state index in [4.69, 9.17) is 32.8 Å². The first-order valence-corrected chi connectivity index (χ1v) is 16.4. The van der Waals surface area contributed by atoms with Gasteiger partial charge in [-0.15, -0.1) is 0 Å². The summed E-state index contributed by atoms with van der Waals surface area (Å²) < 4.78 is 39.4. The van der Waals surface area contributed by atoms with E-state index in [0.29, 0.717) is 0 Å². The molecule has 1 aromatic heterocycles. The van der Waals surface area contributed by atoms with E-state index in [1.807, 2.05) is 0 Å². The Morgan fingerprint density at radius 3 is 1.96 bits per heavy atom. The molecule has 0 bridgehead atoms. The zero-order chi connectivity index (χ0) is 38.5. The van der Waals surface area contributed by atoms with Crippen LogP contribution in [0.2, 0.25) is 0 Å². The summed E-state index contributed by atoms with van der Waals surface area (Å²) in [4.78, 5) is 13.7. The predicted molar refractivity (Wildman–Crippen MR) is 171 cm³/mol. The van der Waals surface area contributed by atoms with Gasteiger partial charge >= 0.3 is 0 Å². The number of fused-ring (bicyclic) bond motifs is 1. The van der Waals surface area contributed by atoms with Crippen molar-refractivity contribution in [1.82, 2.24) is 0 Å². The Morgan fingerprint density at radius 1 is 0.679 bits per heavy atom. The molecule has 20 nitrogen and oxygen atoms in total. The Balaban J connectivity index is 1.22. The van der Waals surface area contributed by atoms with Crippen LogP contribution in [-0.2, 0) is 23.7 Å². The molecule has 2 aromatic carbocycles. The quantitative estimate of drug-likeness (QED) is 0.100. The fourth-order valence-electron chi connectivity index (χ4n) is 6.27. The van der Waals surface area contributed by atoms with Crippen molar-refractivity contribution in [1.29, 1.82) is 0 Å². The molecule has 3 aromatic rings. The normalized spacial score (nSPS) is 37.8. The summed E-state index contributed by atoms with van der Waals surface area (Å²) in [5, 5.41) is 124. The number of aromatic hydroxyl groups is 3. The summed E-state index contributed by atoms with van der Waals surface area (Å²) in [6, 6.07) is 7.18. The lowest BCUT2D eigenvalue weighted by atomic mass is 9.97. The number of benzene rings is 2. The number of phenolic OH excluding ortho intramolecular Hbond substituents is 3. The molecule has 0 aliphatic carbocycles. The van der Waals surface area contributed by atoms with Crippen LogP contribution in [0.4, 0.5) is 0 Å². The van der Waals surface area contributed by atoms with E-state index in [0.717, 1.165) is 12.1 Å². The first-order valence-electron chi connectivity index (χ1n) is 16.4. The second kappa shape index (κ2) is 15.6. The van der Waals surface area contributed by atoms with Gasteiger partial charge in [0, 0.05) is 17.7 Å². The Hall–Kier alpha value is -3.71. The number of phenols is 3. The van der Waals surface area contributed by atoms with E-state index in [2.05, 4.69) is 0 Å².